The van der Waals surface area contributed by atoms with Crippen LogP contribution in [-0.4, -0.2) is 34.4 Å². The smallest absolute Gasteiger partial charge is 0.310 e. The van der Waals surface area contributed by atoms with Crippen LogP contribution in [0.5, 0.6) is 0 Å². The highest BCUT2D eigenvalue weighted by atomic mass is 16.6. The number of esters is 1. The fourth-order valence-corrected chi connectivity index (χ4v) is 11.3. The third kappa shape index (κ3) is 3.37. The molecule has 0 aliphatic heterocycles. The van der Waals surface area contributed by atoms with E-state index in [0.29, 0.717) is 30.1 Å². The van der Waals surface area contributed by atoms with E-state index in [1.807, 2.05) is 0 Å². The van der Waals surface area contributed by atoms with Crippen LogP contribution < -0.4 is 0 Å². The van der Waals surface area contributed by atoms with Gasteiger partial charge in [-0.3, -0.25) is 9.59 Å². The summed E-state index contributed by atoms with van der Waals surface area (Å²) < 4.78 is 5.76. The molecule has 0 aromatic carbocycles. The van der Waals surface area contributed by atoms with E-state index >= 15 is 0 Å². The van der Waals surface area contributed by atoms with Crippen molar-refractivity contribution in [1.82, 2.24) is 0 Å². The summed E-state index contributed by atoms with van der Waals surface area (Å²) in [6.45, 7) is 17.7. The van der Waals surface area contributed by atoms with E-state index in [9.17, 15) is 19.8 Å². The maximum absolute atomic E-state index is 12.9. The minimum Gasteiger partial charge on any atom is -0.481 e. The van der Waals surface area contributed by atoms with Crippen LogP contribution in [0.4, 0.5) is 0 Å². The largest absolute Gasteiger partial charge is 0.481 e. The van der Waals surface area contributed by atoms with Gasteiger partial charge in [0.2, 0.25) is 0 Å². The Hall–Kier alpha value is -1.36. The first kappa shape index (κ1) is 27.2. The predicted molar refractivity (Wildman–Crippen MR) is 144 cm³/mol. The summed E-state index contributed by atoms with van der Waals surface area (Å²) >= 11 is 0. The summed E-state index contributed by atoms with van der Waals surface area (Å²) in [4.78, 5) is 24.9. The predicted octanol–water partition coefficient (Wildman–Crippen LogP) is 6.63. The average molecular weight is 515 g/mol. The third-order valence-corrected chi connectivity index (χ3v) is 13.7. The Labute approximate surface area is 223 Å². The highest BCUT2D eigenvalue weighted by molar-refractivity contribution is 5.76. The van der Waals surface area contributed by atoms with Crippen LogP contribution in [0.15, 0.2) is 11.6 Å². The summed E-state index contributed by atoms with van der Waals surface area (Å²) in [7, 11) is 0. The monoisotopic (exact) mass is 514 g/mol. The number of aliphatic carboxylic acids is 1. The second-order valence-corrected chi connectivity index (χ2v) is 15.2. The number of hydrogen-bond donors (Lipinski definition) is 2. The number of rotatable bonds is 2. The summed E-state index contributed by atoms with van der Waals surface area (Å²) in [6, 6.07) is 0. The Kier molecular flexibility index (Phi) is 6.12. The molecule has 5 nitrogen and oxygen atoms in total. The van der Waals surface area contributed by atoms with Crippen LogP contribution in [-0.2, 0) is 14.3 Å². The van der Waals surface area contributed by atoms with E-state index in [1.54, 1.807) is 0 Å². The molecule has 0 bridgehead atoms. The zero-order valence-electron chi connectivity index (χ0n) is 24.4. The van der Waals surface area contributed by atoms with Crippen LogP contribution in [0, 0.1) is 56.7 Å². The molecule has 5 rings (SSSR count). The lowest BCUT2D eigenvalue weighted by Gasteiger charge is -2.71. The molecule has 5 aliphatic rings. The normalized spacial score (nSPS) is 52.5. The Morgan fingerprint density at radius 3 is 2.27 bits per heavy atom. The van der Waals surface area contributed by atoms with Gasteiger partial charge in [0.1, 0.15) is 6.10 Å². The van der Waals surface area contributed by atoms with Gasteiger partial charge in [0.15, 0.2) is 0 Å². The van der Waals surface area contributed by atoms with E-state index in [4.69, 9.17) is 4.74 Å². The third-order valence-electron chi connectivity index (χ3n) is 13.7. The molecule has 4 saturated carbocycles. The van der Waals surface area contributed by atoms with Gasteiger partial charge in [-0.25, -0.2) is 0 Å². The quantitative estimate of drug-likeness (QED) is 0.319. The molecule has 5 aliphatic carbocycles. The summed E-state index contributed by atoms with van der Waals surface area (Å²) in [6.07, 6.45) is 8.59. The molecule has 37 heavy (non-hydrogen) atoms. The van der Waals surface area contributed by atoms with Gasteiger partial charge < -0.3 is 14.9 Å². The number of allylic oxidation sites excluding steroid dienone is 2. The highest BCUT2D eigenvalue weighted by Crippen LogP contribution is 2.75. The first-order chi connectivity index (χ1) is 17.1. The zero-order valence-corrected chi connectivity index (χ0v) is 24.4. The molecule has 4 fully saturated rings. The van der Waals surface area contributed by atoms with Crippen molar-refractivity contribution in [2.24, 2.45) is 56.7 Å². The molecule has 0 spiro atoms. The van der Waals surface area contributed by atoms with Crippen LogP contribution in [0.3, 0.4) is 0 Å². The van der Waals surface area contributed by atoms with Crippen LogP contribution in [0.25, 0.3) is 0 Å². The fourth-order valence-electron chi connectivity index (χ4n) is 11.3. The van der Waals surface area contributed by atoms with Crippen molar-refractivity contribution in [2.45, 2.75) is 119 Å². The fraction of sp³-hybridized carbons (Fsp3) is 0.875. The SMILES string of the molecule is CC(=O)O[C@@H]1C[C@@]2(C)[C@H](CC[C@]3(C)[C@@H]2CC=C2[C@@H]4[C@@H](C)[C@H](C)CC[C@]4(C(=O)O)CC[C@]23C)C(C)(C)[C@H]1O. The average Bonchev–Trinajstić information content (AvgIpc) is 2.79. The summed E-state index contributed by atoms with van der Waals surface area (Å²) in [5.74, 6) is 0.823. The van der Waals surface area contributed by atoms with Gasteiger partial charge in [0.25, 0.3) is 0 Å². The number of carbonyl (C=O) groups is 2. The van der Waals surface area contributed by atoms with Crippen molar-refractivity contribution in [3.8, 4) is 0 Å². The molecule has 11 atom stereocenters. The molecule has 0 heterocycles. The van der Waals surface area contributed by atoms with Gasteiger partial charge in [0.05, 0.1) is 11.5 Å². The van der Waals surface area contributed by atoms with Gasteiger partial charge in [-0.05, 0) is 103 Å². The molecule has 208 valence electrons. The Bertz CT molecular complexity index is 1010. The number of carboxylic acids is 1. The zero-order chi connectivity index (χ0) is 27.3. The maximum Gasteiger partial charge on any atom is 0.310 e. The number of aliphatic hydroxyl groups is 1. The molecule has 0 aromatic heterocycles. The number of aliphatic hydroxyl groups excluding tert-OH is 1. The minimum absolute atomic E-state index is 0.0343. The van der Waals surface area contributed by atoms with Crippen molar-refractivity contribution in [3.63, 3.8) is 0 Å². The standard InChI is InChI=1S/C32H50O5/c1-18-11-14-32(27(35)36)16-15-30(7)21(25(32)19(18)2)9-10-24-29(6)17-22(37-20(3)33)26(34)28(4,5)23(29)12-13-31(24,30)8/h9,18-19,22-26,34H,10-17H2,1-8H3,(H,35,36)/t18-,19+,22-,23-,24-,25+,26+,29+,30-,31-,32+/m1/s1. The second kappa shape index (κ2) is 8.32. The first-order valence-electron chi connectivity index (χ1n) is 14.9. The van der Waals surface area contributed by atoms with Crippen molar-refractivity contribution >= 4 is 11.9 Å². The molecule has 0 aromatic rings. The van der Waals surface area contributed by atoms with Gasteiger partial charge in [-0.15, -0.1) is 0 Å². The van der Waals surface area contributed by atoms with E-state index in [1.165, 1.54) is 12.5 Å². The number of carboxylic acid groups (broad SMARTS) is 1. The number of fused-ring (bicyclic) bond motifs is 7. The second-order valence-electron chi connectivity index (χ2n) is 15.2. The molecule has 0 saturated heterocycles. The number of carbonyl (C=O) groups excluding carboxylic acids is 1. The Morgan fingerprint density at radius 1 is 0.973 bits per heavy atom. The lowest BCUT2D eigenvalue weighted by molar-refractivity contribution is -0.238. The van der Waals surface area contributed by atoms with Crippen molar-refractivity contribution in [1.29, 1.82) is 0 Å². The first-order valence-corrected chi connectivity index (χ1v) is 14.9. The van der Waals surface area contributed by atoms with E-state index in [0.717, 1.165) is 44.9 Å². The van der Waals surface area contributed by atoms with Crippen molar-refractivity contribution in [2.75, 3.05) is 0 Å². The van der Waals surface area contributed by atoms with Crippen LogP contribution >= 0.6 is 0 Å². The van der Waals surface area contributed by atoms with Crippen LogP contribution in [0.1, 0.15) is 107 Å². The topological polar surface area (TPSA) is 83.8 Å². The van der Waals surface area contributed by atoms with Gasteiger partial charge in [-0.2, -0.15) is 0 Å². The minimum atomic E-state index is -0.667. The molecular formula is C32H50O5. The van der Waals surface area contributed by atoms with Crippen LogP contribution in [0.2, 0.25) is 0 Å². The van der Waals surface area contributed by atoms with E-state index in [2.05, 4.69) is 54.5 Å². The van der Waals surface area contributed by atoms with E-state index in [-0.39, 0.29) is 33.5 Å². The molecule has 0 unspecified atom stereocenters. The maximum atomic E-state index is 12.9. The Morgan fingerprint density at radius 2 is 1.65 bits per heavy atom. The Balaban J connectivity index is 1.61. The lowest BCUT2D eigenvalue weighted by atomic mass is 9.33. The summed E-state index contributed by atoms with van der Waals surface area (Å²) in [5, 5.41) is 21.9. The number of hydrogen-bond acceptors (Lipinski definition) is 4. The molecule has 5 heteroatoms. The summed E-state index contributed by atoms with van der Waals surface area (Å²) in [5.41, 5.74) is 0.375. The number of ether oxygens (including phenoxy) is 1. The molecule has 2 N–H and O–H groups in total. The van der Waals surface area contributed by atoms with Gasteiger partial charge >= 0.3 is 11.9 Å². The van der Waals surface area contributed by atoms with Crippen molar-refractivity contribution < 1.29 is 24.5 Å². The lowest BCUT2D eigenvalue weighted by Crippen LogP contribution is -2.67. The molecular weight excluding hydrogens is 464 g/mol. The highest BCUT2D eigenvalue weighted by Gasteiger charge is 2.70. The molecule has 0 radical (unpaired) electrons. The molecule has 0 amide bonds. The van der Waals surface area contributed by atoms with Gasteiger partial charge in [0, 0.05) is 6.92 Å². The van der Waals surface area contributed by atoms with Gasteiger partial charge in [-0.1, -0.05) is 60.1 Å². The van der Waals surface area contributed by atoms with Crippen molar-refractivity contribution in [3.05, 3.63) is 11.6 Å². The van der Waals surface area contributed by atoms with E-state index < -0.39 is 23.6 Å².